The van der Waals surface area contributed by atoms with Gasteiger partial charge in [-0.25, -0.2) is 0 Å². The van der Waals surface area contributed by atoms with E-state index < -0.39 is 89.9 Å². The second kappa shape index (κ2) is 28.4. The Kier molecular flexibility index (Phi) is 23.8. The summed E-state index contributed by atoms with van der Waals surface area (Å²) in [6, 6.07) is -0.900. The lowest BCUT2D eigenvalue weighted by atomic mass is 9.67. The van der Waals surface area contributed by atoms with Gasteiger partial charge in [-0.1, -0.05) is 77.0 Å². The van der Waals surface area contributed by atoms with Gasteiger partial charge in [0.1, 0.15) is 30.1 Å². The number of hydrogen-bond donors (Lipinski definition) is 2. The standard InChI is InChI=1S/C55H86N4O12/c1-33-16-12-11-13-17-34(2)47(68-8)28-41-20-19-39(7)55(67,31-41)53(65)54(66)59-23-15-14-18-43(59)45(61)30-42(29-44(60)36(4)25-38(6)51(64)52(70-10)50(63)37(5)24-33)35(3)26-40-21-22-46(48(27-40)69-9)71-49(62)32-57-58-56/h11-13,16-17,33,35-43,46-48,51-52,64,67H,14-15,18-32H2,1-10H3/b13-11+,16-12+,34-17+/t33-,35-,36-,37+,38-,39+,40?,41+,42-,43-,46+,47?,48-,51+,52?,55-/m0/s1. The molecular weight excluding hydrogens is 909 g/mol. The van der Waals surface area contributed by atoms with Crippen LogP contribution in [0.1, 0.15) is 145 Å². The fraction of sp³-hybridized carbons (Fsp3) is 0.782. The van der Waals surface area contributed by atoms with Gasteiger partial charge >= 0.3 is 5.97 Å². The number of rotatable bonds is 9. The third-order valence-electron chi connectivity index (χ3n) is 16.5. The van der Waals surface area contributed by atoms with E-state index in [9.17, 15) is 39.0 Å². The third-order valence-corrected chi connectivity index (χ3v) is 16.5. The van der Waals surface area contributed by atoms with Crippen LogP contribution in [0.4, 0.5) is 0 Å². The van der Waals surface area contributed by atoms with Crippen LogP contribution in [-0.2, 0) is 47.7 Å². The lowest BCUT2D eigenvalue weighted by Crippen LogP contribution is -2.59. The van der Waals surface area contributed by atoms with Crippen LogP contribution in [-0.4, -0.2) is 127 Å². The largest absolute Gasteiger partial charge is 0.459 e. The molecule has 2 aliphatic heterocycles. The Hall–Kier alpha value is -4.05. The maximum absolute atomic E-state index is 14.8. The molecule has 2 bridgehead atoms. The molecule has 3 unspecified atom stereocenters. The molecule has 0 aromatic carbocycles. The van der Waals surface area contributed by atoms with Crippen molar-refractivity contribution in [3.05, 3.63) is 46.4 Å². The van der Waals surface area contributed by atoms with Crippen molar-refractivity contribution in [2.75, 3.05) is 34.4 Å². The van der Waals surface area contributed by atoms with Crippen LogP contribution in [0, 0.1) is 53.3 Å². The van der Waals surface area contributed by atoms with Crippen LogP contribution in [0.5, 0.6) is 0 Å². The van der Waals surface area contributed by atoms with Crippen molar-refractivity contribution in [2.24, 2.45) is 58.4 Å². The van der Waals surface area contributed by atoms with Crippen molar-refractivity contribution in [3.63, 3.8) is 0 Å². The van der Waals surface area contributed by atoms with Crippen molar-refractivity contribution in [3.8, 4) is 0 Å². The second-order valence-electron chi connectivity index (χ2n) is 21.9. The predicted octanol–water partition coefficient (Wildman–Crippen LogP) is 8.45. The summed E-state index contributed by atoms with van der Waals surface area (Å²) < 4.78 is 22.9. The van der Waals surface area contributed by atoms with Gasteiger partial charge in [-0.3, -0.25) is 28.8 Å². The van der Waals surface area contributed by atoms with Crippen molar-refractivity contribution >= 4 is 35.0 Å². The molecule has 4 rings (SSSR count). The maximum atomic E-state index is 14.8. The van der Waals surface area contributed by atoms with Gasteiger partial charge in [-0.2, -0.15) is 0 Å². The number of allylic oxidation sites excluding steroid dienone is 5. The van der Waals surface area contributed by atoms with Gasteiger partial charge in [0.25, 0.3) is 11.7 Å². The Morgan fingerprint density at radius 1 is 0.859 bits per heavy atom. The molecule has 1 saturated heterocycles. The summed E-state index contributed by atoms with van der Waals surface area (Å²) in [6.45, 7) is 13.1. The number of carbonyl (C=O) groups is 6. The van der Waals surface area contributed by atoms with Crippen LogP contribution >= 0.6 is 0 Å². The lowest BCUT2D eigenvalue weighted by Gasteiger charge is -2.43. The van der Waals surface area contributed by atoms with Gasteiger partial charge in [-0.05, 0) is 143 Å². The molecule has 2 heterocycles. The molecule has 2 N–H and O–H groups in total. The first-order valence-corrected chi connectivity index (χ1v) is 26.3. The number of esters is 1. The van der Waals surface area contributed by atoms with Gasteiger partial charge in [0.15, 0.2) is 11.6 Å². The molecule has 16 heteroatoms. The molecule has 0 aromatic rings. The summed E-state index contributed by atoms with van der Waals surface area (Å²) in [5.74, 6) is -5.40. The molecule has 71 heavy (non-hydrogen) atoms. The second-order valence-corrected chi connectivity index (χ2v) is 21.9. The summed E-state index contributed by atoms with van der Waals surface area (Å²) in [7, 11) is 4.60. The highest BCUT2D eigenvalue weighted by Crippen LogP contribution is 2.42. The van der Waals surface area contributed by atoms with Gasteiger partial charge in [-0.15, -0.1) is 0 Å². The zero-order valence-corrected chi connectivity index (χ0v) is 44.3. The first-order chi connectivity index (χ1) is 33.7. The van der Waals surface area contributed by atoms with Crippen LogP contribution in [0.3, 0.4) is 0 Å². The maximum Gasteiger partial charge on any atom is 0.312 e. The molecule has 0 aromatic heterocycles. The van der Waals surface area contributed by atoms with E-state index in [0.29, 0.717) is 64.2 Å². The van der Waals surface area contributed by atoms with E-state index in [1.807, 2.05) is 71.9 Å². The number of Topliss-reactive ketones (excluding diaryl/α,β-unsaturated/α-hetero) is 4. The average molecular weight is 995 g/mol. The first-order valence-electron chi connectivity index (χ1n) is 26.3. The molecule has 2 saturated carbocycles. The minimum atomic E-state index is -1.92. The summed E-state index contributed by atoms with van der Waals surface area (Å²) in [6.07, 6.45) is 13.1. The summed E-state index contributed by atoms with van der Waals surface area (Å²) in [5, 5.41) is 27.1. The van der Waals surface area contributed by atoms with E-state index in [1.165, 1.54) is 12.0 Å². The summed E-state index contributed by atoms with van der Waals surface area (Å²) in [5.41, 5.74) is 7.70. The van der Waals surface area contributed by atoms with E-state index in [0.717, 1.165) is 12.0 Å². The molecule has 4 aliphatic rings. The van der Waals surface area contributed by atoms with Crippen molar-refractivity contribution in [2.45, 2.75) is 187 Å². The number of hydrogen-bond acceptors (Lipinski definition) is 13. The van der Waals surface area contributed by atoms with Crippen LogP contribution in [0.15, 0.2) is 41.1 Å². The molecule has 0 radical (unpaired) electrons. The third kappa shape index (κ3) is 16.5. The van der Waals surface area contributed by atoms with Crippen molar-refractivity contribution < 1.29 is 57.9 Å². The normalized spacial score (nSPS) is 38.2. The van der Waals surface area contributed by atoms with Crippen LogP contribution < -0.4 is 0 Å². The predicted molar refractivity (Wildman–Crippen MR) is 270 cm³/mol. The number of nitrogens with zero attached hydrogens (tertiary/aromatic N) is 4. The van der Waals surface area contributed by atoms with Crippen molar-refractivity contribution in [1.82, 2.24) is 4.90 Å². The minimum Gasteiger partial charge on any atom is -0.459 e. The highest BCUT2D eigenvalue weighted by Gasteiger charge is 2.51. The van der Waals surface area contributed by atoms with E-state index in [-0.39, 0.29) is 79.4 Å². The zero-order chi connectivity index (χ0) is 52.6. The number of piperidine rings is 1. The molecule has 1 amide bonds. The number of aliphatic hydroxyl groups is 2. The minimum absolute atomic E-state index is 0.0184. The summed E-state index contributed by atoms with van der Waals surface area (Å²) in [4.78, 5) is 88.2. The molecule has 0 spiro atoms. The Morgan fingerprint density at radius 2 is 1.58 bits per heavy atom. The Morgan fingerprint density at radius 3 is 2.25 bits per heavy atom. The molecular formula is C55H86N4O12. The molecule has 3 fully saturated rings. The fourth-order valence-corrected chi connectivity index (χ4v) is 11.9. The number of methoxy groups -OCH3 is 3. The number of amides is 1. The number of aliphatic hydroxyl groups excluding tert-OH is 1. The number of carbonyl (C=O) groups excluding carboxylic acids is 6. The number of azide groups is 1. The zero-order valence-electron chi connectivity index (χ0n) is 44.3. The Labute approximate surface area is 422 Å². The summed E-state index contributed by atoms with van der Waals surface area (Å²) >= 11 is 0. The van der Waals surface area contributed by atoms with E-state index in [2.05, 4.69) is 10.0 Å². The number of ketones is 4. The van der Waals surface area contributed by atoms with E-state index in [1.54, 1.807) is 21.1 Å². The Balaban J connectivity index is 1.67. The van der Waals surface area contributed by atoms with Gasteiger partial charge in [0.05, 0.1) is 24.4 Å². The molecule has 16 atom stereocenters. The van der Waals surface area contributed by atoms with Gasteiger partial charge in [0.2, 0.25) is 0 Å². The average Bonchev–Trinajstić information content (AvgIpc) is 3.35. The van der Waals surface area contributed by atoms with E-state index in [4.69, 9.17) is 24.5 Å². The topological polar surface area (TPSA) is 232 Å². The quantitative estimate of drug-likeness (QED) is 0.0729. The van der Waals surface area contributed by atoms with Crippen LogP contribution in [0.2, 0.25) is 0 Å². The van der Waals surface area contributed by atoms with Gasteiger partial charge < -0.3 is 34.1 Å². The molecule has 16 nitrogen and oxygen atoms in total. The number of fused-ring (bicyclic) bond motifs is 3. The van der Waals surface area contributed by atoms with Crippen molar-refractivity contribution in [1.29, 1.82) is 0 Å². The molecule has 398 valence electrons. The SMILES string of the molecule is COC1C[C@H]2CC[C@@H](C)[C@@](O)(C2)C(=O)C(=O)N2CCCC[C@H]2C(=O)C[C@@H]([C@@H](C)CC2CC[C@@H](OC(=O)CN=[N+]=[N-])[C@@H](OC)C2)CC(=O)[C@@H](C)C[C@H](C)[C@@H](O)C(OC)C(=O)[C@H](C)C[C@@H](C)/C=C/C=C/C=C/1C. The Bertz CT molecular complexity index is 1960. The lowest BCUT2D eigenvalue weighted by molar-refractivity contribution is -0.165. The smallest absolute Gasteiger partial charge is 0.312 e. The van der Waals surface area contributed by atoms with Gasteiger partial charge in [0, 0.05) is 57.5 Å². The molecule has 2 aliphatic carbocycles. The highest BCUT2D eigenvalue weighted by molar-refractivity contribution is 6.39. The van der Waals surface area contributed by atoms with Crippen LogP contribution in [0.25, 0.3) is 10.4 Å². The van der Waals surface area contributed by atoms with E-state index >= 15 is 0 Å². The number of ether oxygens (including phenoxy) is 4. The fourth-order valence-electron chi connectivity index (χ4n) is 11.9. The monoisotopic (exact) mass is 995 g/mol. The first kappa shape index (κ1) is 59.5. The highest BCUT2D eigenvalue weighted by atomic mass is 16.6.